The van der Waals surface area contributed by atoms with Crippen molar-refractivity contribution in [1.29, 1.82) is 0 Å². The van der Waals surface area contributed by atoms with E-state index in [-0.39, 0.29) is 34.6 Å². The third kappa shape index (κ3) is 2.02. The molecule has 0 unspecified atom stereocenters. The summed E-state index contributed by atoms with van der Waals surface area (Å²) in [5.74, 6) is -0.877. The Morgan fingerprint density at radius 3 is 2.79 bits per heavy atom. The van der Waals surface area contributed by atoms with E-state index in [0.717, 1.165) is 0 Å². The summed E-state index contributed by atoms with van der Waals surface area (Å²) in [4.78, 5) is 23.6. The molecule has 0 bridgehead atoms. The molecule has 2 aliphatic carbocycles. The quantitative estimate of drug-likeness (QED) is 0.725. The molecule has 3 atom stereocenters. The van der Waals surface area contributed by atoms with Crippen molar-refractivity contribution in [3.8, 4) is 5.75 Å². The van der Waals surface area contributed by atoms with Crippen LogP contribution in [0.5, 0.6) is 5.75 Å². The number of nitrogens with one attached hydrogen (secondary N) is 1. The summed E-state index contributed by atoms with van der Waals surface area (Å²) in [6.45, 7) is 0. The Morgan fingerprint density at radius 1 is 1.32 bits per heavy atom. The fraction of sp³-hybridized carbons (Fsp3) is 0.286. The Bertz CT molecular complexity index is 593. The molecule has 3 rings (SSSR count). The van der Waals surface area contributed by atoms with Crippen LogP contribution in [0.2, 0.25) is 0 Å². The average molecular weight is 259 g/mol. The van der Waals surface area contributed by atoms with Gasteiger partial charge in [0.2, 0.25) is 0 Å². The van der Waals surface area contributed by atoms with E-state index in [2.05, 4.69) is 5.32 Å². The lowest BCUT2D eigenvalue weighted by Crippen LogP contribution is -2.34. The number of fused-ring (bicyclic) bond motifs is 1. The minimum atomic E-state index is -0.808. The third-order valence-corrected chi connectivity index (χ3v) is 3.63. The Balaban J connectivity index is 1.80. The molecule has 19 heavy (non-hydrogen) atoms. The highest BCUT2D eigenvalue weighted by molar-refractivity contribution is 6.00. The molecule has 0 heterocycles. The first-order valence-electron chi connectivity index (χ1n) is 6.11. The number of carbonyl (C=O) groups is 2. The van der Waals surface area contributed by atoms with Gasteiger partial charge in [-0.3, -0.25) is 9.59 Å². The molecule has 1 aromatic carbocycles. The van der Waals surface area contributed by atoms with Gasteiger partial charge in [0.15, 0.2) is 5.78 Å². The van der Waals surface area contributed by atoms with Crippen molar-refractivity contribution in [1.82, 2.24) is 5.32 Å². The van der Waals surface area contributed by atoms with Gasteiger partial charge in [0.25, 0.3) is 5.91 Å². The molecule has 3 N–H and O–H groups in total. The van der Waals surface area contributed by atoms with Gasteiger partial charge < -0.3 is 15.5 Å². The predicted molar refractivity (Wildman–Crippen MR) is 66.3 cm³/mol. The SMILES string of the molecule is O=C(NC1=CC(=O)[C@H]2C[C@H]2[C@H]1O)c1ccccc1O. The van der Waals surface area contributed by atoms with Gasteiger partial charge in [0.05, 0.1) is 17.4 Å². The zero-order valence-electron chi connectivity index (χ0n) is 10.0. The number of aliphatic hydroxyl groups is 1. The van der Waals surface area contributed by atoms with E-state index in [1.54, 1.807) is 12.1 Å². The molecule has 98 valence electrons. The fourth-order valence-electron chi connectivity index (χ4n) is 2.44. The number of hydrogen-bond donors (Lipinski definition) is 3. The van der Waals surface area contributed by atoms with E-state index in [0.29, 0.717) is 6.42 Å². The number of phenolic OH excluding ortho intramolecular Hbond substituents is 1. The second-order valence-electron chi connectivity index (χ2n) is 4.92. The van der Waals surface area contributed by atoms with E-state index in [1.165, 1.54) is 18.2 Å². The van der Waals surface area contributed by atoms with Crippen LogP contribution in [-0.2, 0) is 4.79 Å². The number of para-hydroxylation sites is 1. The highest BCUT2D eigenvalue weighted by atomic mass is 16.3. The summed E-state index contributed by atoms with van der Waals surface area (Å²) in [5.41, 5.74) is 0.331. The lowest BCUT2D eigenvalue weighted by atomic mass is 10.0. The largest absolute Gasteiger partial charge is 0.507 e. The lowest BCUT2D eigenvalue weighted by Gasteiger charge is -2.19. The van der Waals surface area contributed by atoms with Crippen LogP contribution in [0.25, 0.3) is 0 Å². The number of aromatic hydroxyl groups is 1. The number of carbonyl (C=O) groups excluding carboxylic acids is 2. The van der Waals surface area contributed by atoms with Crippen LogP contribution in [0, 0.1) is 11.8 Å². The molecule has 0 spiro atoms. The minimum Gasteiger partial charge on any atom is -0.507 e. The third-order valence-electron chi connectivity index (χ3n) is 3.63. The highest BCUT2D eigenvalue weighted by Crippen LogP contribution is 2.46. The first-order chi connectivity index (χ1) is 9.08. The van der Waals surface area contributed by atoms with Gasteiger partial charge in [-0.25, -0.2) is 0 Å². The number of hydrogen-bond acceptors (Lipinski definition) is 4. The van der Waals surface area contributed by atoms with Crippen molar-refractivity contribution < 1.29 is 19.8 Å². The van der Waals surface area contributed by atoms with Gasteiger partial charge in [-0.05, 0) is 18.6 Å². The van der Waals surface area contributed by atoms with Gasteiger partial charge in [-0.15, -0.1) is 0 Å². The zero-order chi connectivity index (χ0) is 13.6. The van der Waals surface area contributed by atoms with E-state index >= 15 is 0 Å². The lowest BCUT2D eigenvalue weighted by molar-refractivity contribution is -0.116. The van der Waals surface area contributed by atoms with Crippen LogP contribution < -0.4 is 5.32 Å². The molecule has 1 aromatic rings. The minimum absolute atomic E-state index is 0.0529. The van der Waals surface area contributed by atoms with Crippen LogP contribution in [0.1, 0.15) is 16.8 Å². The maximum Gasteiger partial charge on any atom is 0.259 e. The number of phenols is 1. The molecule has 0 aromatic heterocycles. The Hall–Kier alpha value is -2.14. The van der Waals surface area contributed by atoms with E-state index in [1.807, 2.05) is 0 Å². The standard InChI is InChI=1S/C14H13NO4/c16-11-4-2-1-3-7(11)14(19)15-10-6-12(17)8-5-9(8)13(10)18/h1-4,6,8-9,13,16,18H,5H2,(H,15,19)/t8-,9+,13+/m0/s1. The van der Waals surface area contributed by atoms with Gasteiger partial charge in [-0.2, -0.15) is 0 Å². The second kappa shape index (κ2) is 4.20. The number of aliphatic hydroxyl groups excluding tert-OH is 1. The summed E-state index contributed by atoms with van der Waals surface area (Å²) in [5, 5.41) is 22.0. The van der Waals surface area contributed by atoms with Crippen LogP contribution in [0.4, 0.5) is 0 Å². The van der Waals surface area contributed by atoms with Gasteiger partial charge in [0.1, 0.15) is 5.75 Å². The second-order valence-corrected chi connectivity index (χ2v) is 4.92. The number of ketones is 1. The average Bonchev–Trinajstić information content (AvgIpc) is 3.17. The summed E-state index contributed by atoms with van der Waals surface area (Å²) in [6.07, 6.45) is 1.15. The van der Waals surface area contributed by atoms with Gasteiger partial charge in [-0.1, -0.05) is 12.1 Å². The summed E-state index contributed by atoms with van der Waals surface area (Å²) < 4.78 is 0. The monoisotopic (exact) mass is 259 g/mol. The summed E-state index contributed by atoms with van der Waals surface area (Å²) in [7, 11) is 0. The fourth-order valence-corrected chi connectivity index (χ4v) is 2.44. The van der Waals surface area contributed by atoms with Gasteiger partial charge in [0, 0.05) is 17.9 Å². The number of benzene rings is 1. The normalized spacial score (nSPS) is 28.4. The van der Waals surface area contributed by atoms with Crippen molar-refractivity contribution in [3.63, 3.8) is 0 Å². The summed E-state index contributed by atoms with van der Waals surface area (Å²) in [6, 6.07) is 6.12. The number of rotatable bonds is 2. The molecule has 1 amide bonds. The highest BCUT2D eigenvalue weighted by Gasteiger charge is 2.50. The summed E-state index contributed by atoms with van der Waals surface area (Å²) >= 11 is 0. The van der Waals surface area contributed by atoms with Crippen LogP contribution >= 0.6 is 0 Å². The Morgan fingerprint density at radius 2 is 2.05 bits per heavy atom. The molecule has 0 saturated heterocycles. The topological polar surface area (TPSA) is 86.6 Å². The Labute approximate surface area is 109 Å². The molecule has 5 heteroatoms. The van der Waals surface area contributed by atoms with Crippen LogP contribution in [0.3, 0.4) is 0 Å². The van der Waals surface area contributed by atoms with E-state index in [9.17, 15) is 19.8 Å². The Kier molecular flexibility index (Phi) is 2.64. The maximum absolute atomic E-state index is 12.0. The number of amides is 1. The molecule has 1 saturated carbocycles. The van der Waals surface area contributed by atoms with Crippen LogP contribution in [-0.4, -0.2) is 28.0 Å². The first kappa shape index (κ1) is 11.9. The van der Waals surface area contributed by atoms with Crippen molar-refractivity contribution >= 4 is 11.7 Å². The van der Waals surface area contributed by atoms with Crippen molar-refractivity contribution in [2.75, 3.05) is 0 Å². The molecule has 5 nitrogen and oxygen atoms in total. The van der Waals surface area contributed by atoms with Crippen molar-refractivity contribution in [2.24, 2.45) is 11.8 Å². The molecule has 0 aliphatic heterocycles. The first-order valence-corrected chi connectivity index (χ1v) is 6.11. The number of allylic oxidation sites excluding steroid dienone is 1. The zero-order valence-corrected chi connectivity index (χ0v) is 10.0. The maximum atomic E-state index is 12.0. The molecular formula is C14H13NO4. The molecule has 2 aliphatic rings. The van der Waals surface area contributed by atoms with Gasteiger partial charge >= 0.3 is 0 Å². The predicted octanol–water partition coefficient (Wildman–Crippen LogP) is 0.586. The molecule has 1 fully saturated rings. The van der Waals surface area contributed by atoms with Crippen molar-refractivity contribution in [2.45, 2.75) is 12.5 Å². The van der Waals surface area contributed by atoms with E-state index in [4.69, 9.17) is 0 Å². The van der Waals surface area contributed by atoms with Crippen molar-refractivity contribution in [3.05, 3.63) is 41.6 Å². The molecule has 0 radical (unpaired) electrons. The molecular weight excluding hydrogens is 246 g/mol. The smallest absolute Gasteiger partial charge is 0.259 e. The van der Waals surface area contributed by atoms with E-state index < -0.39 is 12.0 Å². The van der Waals surface area contributed by atoms with Crippen LogP contribution in [0.15, 0.2) is 36.0 Å².